The third-order valence-electron chi connectivity index (χ3n) is 4.61. The van der Waals surface area contributed by atoms with Crippen molar-refractivity contribution in [3.05, 3.63) is 29.8 Å². The zero-order valence-electron chi connectivity index (χ0n) is 13.6. The van der Waals surface area contributed by atoms with Crippen molar-refractivity contribution in [3.63, 3.8) is 0 Å². The summed E-state index contributed by atoms with van der Waals surface area (Å²) < 4.78 is 12.0. The first-order valence-corrected chi connectivity index (χ1v) is 7.80. The van der Waals surface area contributed by atoms with Crippen LogP contribution < -0.4 is 10.6 Å². The minimum atomic E-state index is -0.376. The lowest BCUT2D eigenvalue weighted by Crippen LogP contribution is -2.41. The first-order valence-electron chi connectivity index (χ1n) is 7.80. The fraction of sp³-hybridized carbons (Fsp3) is 0.588. The predicted octanol–water partition coefficient (Wildman–Crippen LogP) is 3.57. The molecule has 0 aromatic heterocycles. The van der Waals surface area contributed by atoms with E-state index in [1.165, 1.54) is 0 Å². The number of rotatable bonds is 3. The van der Waals surface area contributed by atoms with Crippen molar-refractivity contribution in [1.29, 1.82) is 0 Å². The van der Waals surface area contributed by atoms with E-state index in [1.807, 2.05) is 52.0 Å². The first kappa shape index (κ1) is 15.3. The van der Waals surface area contributed by atoms with Gasteiger partial charge in [0, 0.05) is 17.3 Å². The lowest BCUT2D eigenvalue weighted by atomic mass is 9.90. The summed E-state index contributed by atoms with van der Waals surface area (Å²) in [5.41, 5.74) is 1.02. The number of hydrogen-bond donors (Lipinski definition) is 2. The van der Waals surface area contributed by atoms with Gasteiger partial charge in [0.1, 0.15) is 0 Å². The van der Waals surface area contributed by atoms with Crippen molar-refractivity contribution in [2.75, 3.05) is 5.32 Å². The zero-order chi connectivity index (χ0) is 16.0. The van der Waals surface area contributed by atoms with Crippen molar-refractivity contribution in [3.8, 4) is 0 Å². The van der Waals surface area contributed by atoms with Crippen molar-refractivity contribution in [1.82, 2.24) is 5.32 Å². The van der Waals surface area contributed by atoms with Gasteiger partial charge >= 0.3 is 6.03 Å². The average Bonchev–Trinajstić information content (AvgIpc) is 3.18. The molecule has 5 heteroatoms. The molecular weight excluding hydrogens is 280 g/mol. The zero-order valence-corrected chi connectivity index (χ0v) is 13.6. The highest BCUT2D eigenvalue weighted by atomic mass is 16.7. The van der Waals surface area contributed by atoms with Crippen LogP contribution in [0.25, 0.3) is 0 Å². The van der Waals surface area contributed by atoms with Crippen LogP contribution in [0.2, 0.25) is 0 Å². The van der Waals surface area contributed by atoms with Crippen molar-refractivity contribution in [2.24, 2.45) is 0 Å². The molecule has 0 radical (unpaired) electrons. The fourth-order valence-corrected chi connectivity index (χ4v) is 2.28. The highest BCUT2D eigenvalue weighted by Crippen LogP contribution is 2.44. The molecule has 1 saturated carbocycles. The van der Waals surface area contributed by atoms with Gasteiger partial charge in [0.25, 0.3) is 0 Å². The normalized spacial score (nSPS) is 23.3. The number of carbonyl (C=O) groups excluding carboxylic acids is 1. The number of anilines is 1. The molecular formula is C17H24N2O3. The summed E-state index contributed by atoms with van der Waals surface area (Å²) in [7, 11) is 0. The van der Waals surface area contributed by atoms with E-state index >= 15 is 0 Å². The van der Waals surface area contributed by atoms with Crippen LogP contribution in [0, 0.1) is 0 Å². The number of amides is 2. The quantitative estimate of drug-likeness (QED) is 0.897. The Hall–Kier alpha value is -1.59. The molecule has 2 aliphatic rings. The number of benzene rings is 1. The van der Waals surface area contributed by atoms with Gasteiger partial charge in [-0.2, -0.15) is 0 Å². The highest BCUT2D eigenvalue weighted by Gasteiger charge is 2.49. The molecule has 0 unspecified atom stereocenters. The highest BCUT2D eigenvalue weighted by molar-refractivity contribution is 5.89. The molecule has 0 atom stereocenters. The number of urea groups is 1. The largest absolute Gasteiger partial charge is 0.339 e. The monoisotopic (exact) mass is 304 g/mol. The van der Waals surface area contributed by atoms with Crippen LogP contribution in [0.4, 0.5) is 10.5 Å². The van der Waals surface area contributed by atoms with Gasteiger partial charge in [0.2, 0.25) is 0 Å². The van der Waals surface area contributed by atoms with E-state index in [9.17, 15) is 4.79 Å². The van der Waals surface area contributed by atoms with E-state index in [1.54, 1.807) is 0 Å². The molecule has 1 aromatic carbocycles. The SMILES string of the molecule is CC1(C)OC(c2ccc(NC(=O)NC3CC3)cc2)OC1(C)C. The molecule has 1 aliphatic heterocycles. The van der Waals surface area contributed by atoms with E-state index < -0.39 is 0 Å². The van der Waals surface area contributed by atoms with Crippen LogP contribution in [-0.2, 0) is 9.47 Å². The Balaban J connectivity index is 1.63. The van der Waals surface area contributed by atoms with E-state index in [0.717, 1.165) is 24.1 Å². The molecule has 2 fully saturated rings. The molecule has 1 aliphatic carbocycles. The standard InChI is InChI=1S/C17H24N2O3/c1-16(2)17(3,4)22-14(21-16)11-5-7-12(8-6-11)18-15(20)19-13-9-10-13/h5-8,13-14H,9-10H2,1-4H3,(H2,18,19,20). The van der Waals surface area contributed by atoms with E-state index in [4.69, 9.17) is 9.47 Å². The number of carbonyl (C=O) groups is 1. The third kappa shape index (κ3) is 3.10. The van der Waals surface area contributed by atoms with Gasteiger partial charge in [-0.05, 0) is 52.7 Å². The maximum atomic E-state index is 11.7. The molecule has 1 saturated heterocycles. The summed E-state index contributed by atoms with van der Waals surface area (Å²) in [6, 6.07) is 7.79. The van der Waals surface area contributed by atoms with Gasteiger partial charge in [-0.15, -0.1) is 0 Å². The van der Waals surface area contributed by atoms with Crippen molar-refractivity contribution in [2.45, 2.75) is 64.1 Å². The predicted molar refractivity (Wildman–Crippen MR) is 84.7 cm³/mol. The Morgan fingerprint density at radius 1 is 1.05 bits per heavy atom. The summed E-state index contributed by atoms with van der Waals surface area (Å²) in [6.45, 7) is 8.13. The molecule has 5 nitrogen and oxygen atoms in total. The Kier molecular flexibility index (Phi) is 3.65. The number of hydrogen-bond acceptors (Lipinski definition) is 3. The lowest BCUT2D eigenvalue weighted by Gasteiger charge is -2.30. The van der Waals surface area contributed by atoms with Crippen LogP contribution in [0.5, 0.6) is 0 Å². The molecule has 1 aromatic rings. The number of nitrogens with one attached hydrogen (secondary N) is 2. The van der Waals surface area contributed by atoms with Crippen LogP contribution in [0.3, 0.4) is 0 Å². The first-order chi connectivity index (χ1) is 10.3. The smallest absolute Gasteiger partial charge is 0.319 e. The topological polar surface area (TPSA) is 59.6 Å². The summed E-state index contributed by atoms with van der Waals surface area (Å²) in [5, 5.41) is 5.73. The molecule has 1 heterocycles. The number of ether oxygens (including phenoxy) is 2. The maximum absolute atomic E-state index is 11.7. The Morgan fingerprint density at radius 3 is 2.09 bits per heavy atom. The molecule has 0 bridgehead atoms. The second-order valence-electron chi connectivity index (χ2n) is 7.08. The van der Waals surface area contributed by atoms with E-state index in [-0.39, 0.29) is 23.5 Å². The van der Waals surface area contributed by atoms with Crippen molar-refractivity contribution < 1.29 is 14.3 Å². The van der Waals surface area contributed by atoms with Crippen LogP contribution >= 0.6 is 0 Å². The van der Waals surface area contributed by atoms with E-state index in [2.05, 4.69) is 10.6 Å². The van der Waals surface area contributed by atoms with Crippen LogP contribution in [0.1, 0.15) is 52.4 Å². The molecule has 2 amide bonds. The summed E-state index contributed by atoms with van der Waals surface area (Å²) in [6.07, 6.45) is 1.78. The van der Waals surface area contributed by atoms with Gasteiger partial charge in [-0.3, -0.25) is 0 Å². The Bertz CT molecular complexity index is 546. The van der Waals surface area contributed by atoms with Gasteiger partial charge < -0.3 is 20.1 Å². The Labute approximate surface area is 131 Å². The van der Waals surface area contributed by atoms with Gasteiger partial charge in [-0.25, -0.2) is 4.79 Å². The summed E-state index contributed by atoms with van der Waals surface area (Å²) >= 11 is 0. The van der Waals surface area contributed by atoms with Gasteiger partial charge in [0.15, 0.2) is 6.29 Å². The molecule has 3 rings (SSSR count). The summed E-state index contributed by atoms with van der Waals surface area (Å²) in [4.78, 5) is 11.7. The van der Waals surface area contributed by atoms with E-state index in [0.29, 0.717) is 6.04 Å². The summed E-state index contributed by atoms with van der Waals surface area (Å²) in [5.74, 6) is 0. The van der Waals surface area contributed by atoms with Crippen LogP contribution in [0.15, 0.2) is 24.3 Å². The molecule has 2 N–H and O–H groups in total. The molecule has 120 valence electrons. The second kappa shape index (κ2) is 5.25. The third-order valence-corrected chi connectivity index (χ3v) is 4.61. The molecule has 0 spiro atoms. The van der Waals surface area contributed by atoms with Crippen molar-refractivity contribution >= 4 is 11.7 Å². The van der Waals surface area contributed by atoms with Crippen LogP contribution in [-0.4, -0.2) is 23.3 Å². The maximum Gasteiger partial charge on any atom is 0.319 e. The minimum Gasteiger partial charge on any atom is -0.339 e. The molecule has 22 heavy (non-hydrogen) atoms. The van der Waals surface area contributed by atoms with Gasteiger partial charge in [0.05, 0.1) is 11.2 Å². The Morgan fingerprint density at radius 2 is 1.59 bits per heavy atom. The second-order valence-corrected chi connectivity index (χ2v) is 7.08. The fourth-order valence-electron chi connectivity index (χ4n) is 2.28. The lowest BCUT2D eigenvalue weighted by molar-refractivity contribution is -0.0895. The minimum absolute atomic E-state index is 0.147. The average molecular weight is 304 g/mol. The van der Waals surface area contributed by atoms with Gasteiger partial charge in [-0.1, -0.05) is 12.1 Å².